The Kier molecular flexibility index (Phi) is 5.75. The van der Waals surface area contributed by atoms with Crippen molar-refractivity contribution < 1.29 is 22.7 Å². The van der Waals surface area contributed by atoms with Crippen LogP contribution in [-0.2, 0) is 15.7 Å². The van der Waals surface area contributed by atoms with Crippen LogP contribution >= 0.6 is 0 Å². The topological polar surface area (TPSA) is 32.8 Å². The number of carbonyl (C=O) groups excluding carboxylic acids is 1. The molecule has 144 valence electrons. The first-order valence-corrected chi connectivity index (χ1v) is 9.10. The second kappa shape index (κ2) is 7.86. The van der Waals surface area contributed by atoms with E-state index in [-0.39, 0.29) is 12.0 Å². The summed E-state index contributed by atoms with van der Waals surface area (Å²) in [6.07, 6.45) is -0.127. The summed E-state index contributed by atoms with van der Waals surface area (Å²) >= 11 is 0. The quantitative estimate of drug-likeness (QED) is 0.759. The predicted octanol–water partition coefficient (Wildman–Crippen LogP) is 3.66. The zero-order valence-corrected chi connectivity index (χ0v) is 15.0. The molecule has 7 heteroatoms. The minimum Gasteiger partial charge on any atom is -0.381 e. The SMILES string of the molecule is COC1CCN(c2cc(C(F)(F)F)ccc2C2CCN(C=O)CC2)CC1. The molecule has 0 radical (unpaired) electrons. The monoisotopic (exact) mass is 370 g/mol. The van der Waals surface area contributed by atoms with Gasteiger partial charge in [-0.2, -0.15) is 13.2 Å². The zero-order valence-electron chi connectivity index (χ0n) is 15.0. The van der Waals surface area contributed by atoms with E-state index < -0.39 is 11.7 Å². The van der Waals surface area contributed by atoms with Crippen molar-refractivity contribution >= 4 is 12.1 Å². The number of hydrogen-bond acceptors (Lipinski definition) is 3. The van der Waals surface area contributed by atoms with Crippen molar-refractivity contribution in [2.45, 2.75) is 43.9 Å². The van der Waals surface area contributed by atoms with Crippen LogP contribution in [0.3, 0.4) is 0 Å². The summed E-state index contributed by atoms with van der Waals surface area (Å²) < 4.78 is 45.1. The van der Waals surface area contributed by atoms with Gasteiger partial charge in [-0.05, 0) is 49.3 Å². The Bertz CT molecular complexity index is 620. The van der Waals surface area contributed by atoms with E-state index in [1.807, 2.05) is 0 Å². The molecule has 1 aromatic carbocycles. The summed E-state index contributed by atoms with van der Waals surface area (Å²) in [5, 5.41) is 0. The maximum atomic E-state index is 13.2. The fourth-order valence-electron chi connectivity index (χ4n) is 3.99. The van der Waals surface area contributed by atoms with Gasteiger partial charge in [0.05, 0.1) is 11.7 Å². The molecule has 0 saturated carbocycles. The van der Waals surface area contributed by atoms with Crippen molar-refractivity contribution in [3.8, 4) is 0 Å². The van der Waals surface area contributed by atoms with Crippen LogP contribution in [0.5, 0.6) is 0 Å². The van der Waals surface area contributed by atoms with Crippen LogP contribution in [0.4, 0.5) is 18.9 Å². The van der Waals surface area contributed by atoms with Crippen molar-refractivity contribution in [3.05, 3.63) is 29.3 Å². The number of carbonyl (C=O) groups is 1. The minimum absolute atomic E-state index is 0.177. The number of alkyl halides is 3. The Hall–Kier alpha value is -1.76. The molecule has 0 aliphatic carbocycles. The van der Waals surface area contributed by atoms with Gasteiger partial charge in [-0.25, -0.2) is 0 Å². The Morgan fingerprint density at radius 1 is 1.08 bits per heavy atom. The molecule has 0 bridgehead atoms. The van der Waals surface area contributed by atoms with Gasteiger partial charge in [0.15, 0.2) is 0 Å². The van der Waals surface area contributed by atoms with E-state index in [2.05, 4.69) is 4.90 Å². The summed E-state index contributed by atoms with van der Waals surface area (Å²) in [5.74, 6) is 0.184. The first-order chi connectivity index (χ1) is 12.4. The van der Waals surface area contributed by atoms with Crippen molar-refractivity contribution in [2.24, 2.45) is 0 Å². The third-order valence-electron chi connectivity index (χ3n) is 5.59. The Labute approximate surface area is 151 Å². The molecular weight excluding hydrogens is 345 g/mol. The van der Waals surface area contributed by atoms with Gasteiger partial charge in [-0.15, -0.1) is 0 Å². The largest absolute Gasteiger partial charge is 0.416 e. The van der Waals surface area contributed by atoms with E-state index in [1.54, 1.807) is 18.1 Å². The maximum absolute atomic E-state index is 13.2. The lowest BCUT2D eigenvalue weighted by Gasteiger charge is -2.37. The average Bonchev–Trinajstić information content (AvgIpc) is 2.67. The minimum atomic E-state index is -4.35. The lowest BCUT2D eigenvalue weighted by molar-refractivity contribution is -0.137. The Balaban J connectivity index is 1.87. The van der Waals surface area contributed by atoms with Gasteiger partial charge in [0.2, 0.25) is 6.41 Å². The number of benzene rings is 1. The first kappa shape index (κ1) is 19.0. The molecule has 0 atom stereocenters. The number of amides is 1. The molecule has 0 spiro atoms. The van der Waals surface area contributed by atoms with Gasteiger partial charge in [-0.3, -0.25) is 4.79 Å². The number of rotatable bonds is 4. The second-order valence-corrected chi connectivity index (χ2v) is 7.11. The van der Waals surface area contributed by atoms with Crippen LogP contribution in [0.1, 0.15) is 42.7 Å². The average molecular weight is 370 g/mol. The number of ether oxygens (including phenoxy) is 1. The summed E-state index contributed by atoms with van der Waals surface area (Å²) in [4.78, 5) is 14.7. The molecule has 0 N–H and O–H groups in total. The standard InChI is InChI=1S/C19H25F3N2O2/c1-26-16-6-10-24(11-7-16)18-12-15(19(20,21)22)2-3-17(18)14-4-8-23(13-25)9-5-14/h2-3,12-14,16H,4-11H2,1H3. The molecular formula is C19H25F3N2O2. The normalized spacial score (nSPS) is 20.5. The highest BCUT2D eigenvalue weighted by atomic mass is 19.4. The van der Waals surface area contributed by atoms with Crippen LogP contribution < -0.4 is 4.90 Å². The molecule has 0 unspecified atom stereocenters. The summed E-state index contributed by atoms with van der Waals surface area (Å²) in [6, 6.07) is 4.13. The van der Waals surface area contributed by atoms with E-state index >= 15 is 0 Å². The number of piperidine rings is 2. The van der Waals surface area contributed by atoms with E-state index in [0.717, 1.165) is 37.7 Å². The molecule has 1 amide bonds. The van der Waals surface area contributed by atoms with Crippen LogP contribution in [0, 0.1) is 0 Å². The highest BCUT2D eigenvalue weighted by molar-refractivity contribution is 5.58. The third kappa shape index (κ3) is 4.14. The number of methoxy groups -OCH3 is 1. The zero-order chi connectivity index (χ0) is 18.7. The van der Waals surface area contributed by atoms with Crippen molar-refractivity contribution in [3.63, 3.8) is 0 Å². The molecule has 26 heavy (non-hydrogen) atoms. The Morgan fingerprint density at radius 3 is 2.27 bits per heavy atom. The maximum Gasteiger partial charge on any atom is 0.416 e. The van der Waals surface area contributed by atoms with Gasteiger partial charge in [0.25, 0.3) is 0 Å². The first-order valence-electron chi connectivity index (χ1n) is 9.10. The highest BCUT2D eigenvalue weighted by Crippen LogP contribution is 2.39. The van der Waals surface area contributed by atoms with Gasteiger partial charge in [0, 0.05) is 39.0 Å². The highest BCUT2D eigenvalue weighted by Gasteiger charge is 2.33. The third-order valence-corrected chi connectivity index (χ3v) is 5.59. The van der Waals surface area contributed by atoms with Crippen molar-refractivity contribution in [1.29, 1.82) is 0 Å². The van der Waals surface area contributed by atoms with Crippen molar-refractivity contribution in [1.82, 2.24) is 4.90 Å². The summed E-state index contributed by atoms with van der Waals surface area (Å²) in [7, 11) is 1.68. The number of nitrogens with zero attached hydrogens (tertiary/aromatic N) is 2. The summed E-state index contributed by atoms with van der Waals surface area (Å²) in [6.45, 7) is 2.70. The predicted molar refractivity (Wildman–Crippen MR) is 93.3 cm³/mol. The molecule has 1 aromatic rings. The van der Waals surface area contributed by atoms with Gasteiger partial charge in [0.1, 0.15) is 0 Å². The van der Waals surface area contributed by atoms with E-state index in [1.165, 1.54) is 12.1 Å². The molecule has 2 saturated heterocycles. The molecule has 2 heterocycles. The van der Waals surface area contributed by atoms with Gasteiger partial charge < -0.3 is 14.5 Å². The molecule has 2 aliphatic rings. The van der Waals surface area contributed by atoms with Crippen LogP contribution in [-0.4, -0.2) is 50.7 Å². The number of likely N-dealkylation sites (tertiary alicyclic amines) is 1. The van der Waals surface area contributed by atoms with Crippen LogP contribution in [0.2, 0.25) is 0 Å². The van der Waals surface area contributed by atoms with Crippen LogP contribution in [0.25, 0.3) is 0 Å². The van der Waals surface area contributed by atoms with Crippen LogP contribution in [0.15, 0.2) is 18.2 Å². The lowest BCUT2D eigenvalue weighted by atomic mass is 9.87. The molecule has 2 fully saturated rings. The second-order valence-electron chi connectivity index (χ2n) is 7.11. The lowest BCUT2D eigenvalue weighted by Crippen LogP contribution is -2.38. The molecule has 3 rings (SSSR count). The number of hydrogen-bond donors (Lipinski definition) is 0. The Morgan fingerprint density at radius 2 is 1.73 bits per heavy atom. The molecule has 4 nitrogen and oxygen atoms in total. The summed E-state index contributed by atoms with van der Waals surface area (Å²) in [5.41, 5.74) is 1.06. The van der Waals surface area contributed by atoms with Gasteiger partial charge >= 0.3 is 6.18 Å². The fourth-order valence-corrected chi connectivity index (χ4v) is 3.99. The molecule has 2 aliphatic heterocycles. The molecule has 0 aromatic heterocycles. The number of halogens is 3. The van der Waals surface area contributed by atoms with Crippen molar-refractivity contribution in [2.75, 3.05) is 38.2 Å². The van der Waals surface area contributed by atoms with E-state index in [9.17, 15) is 18.0 Å². The fraction of sp³-hybridized carbons (Fsp3) is 0.632. The van der Waals surface area contributed by atoms with E-state index in [4.69, 9.17) is 4.74 Å². The number of anilines is 1. The van der Waals surface area contributed by atoms with Gasteiger partial charge in [-0.1, -0.05) is 6.07 Å². The van der Waals surface area contributed by atoms with E-state index in [0.29, 0.717) is 31.9 Å². The smallest absolute Gasteiger partial charge is 0.381 e.